The summed E-state index contributed by atoms with van der Waals surface area (Å²) in [7, 11) is 1.55. The monoisotopic (exact) mass is 269 g/mol. The van der Waals surface area contributed by atoms with Gasteiger partial charge < -0.3 is 0 Å². The Kier molecular flexibility index (Phi) is 2.63. The third-order valence-corrected chi connectivity index (χ3v) is 2.47. The van der Waals surface area contributed by atoms with Crippen molar-refractivity contribution in [3.8, 4) is 5.69 Å². The second kappa shape index (κ2) is 3.93. The second-order valence-electron chi connectivity index (χ2n) is 2.90. The van der Waals surface area contributed by atoms with E-state index in [-0.39, 0.29) is 5.69 Å². The van der Waals surface area contributed by atoms with Gasteiger partial charge in [-0.05, 0) is 22.6 Å². The highest BCUT2D eigenvalue weighted by Gasteiger charge is 2.10. The fourth-order valence-corrected chi connectivity index (χ4v) is 1.62. The van der Waals surface area contributed by atoms with Gasteiger partial charge >= 0.3 is 5.69 Å². The van der Waals surface area contributed by atoms with Crippen molar-refractivity contribution in [3.05, 3.63) is 34.5 Å². The standard InChI is InChI=1S/C8H8BrN5O/c1-13-8(15)14(12-11-13)7-3-2-4-10-6(7)5-9/h2-4H,5H2,1H3. The molecule has 0 saturated carbocycles. The molecule has 2 heterocycles. The summed E-state index contributed by atoms with van der Waals surface area (Å²) in [4.78, 5) is 15.7. The molecule has 2 rings (SSSR count). The van der Waals surface area contributed by atoms with Gasteiger partial charge in [0.05, 0.1) is 11.4 Å². The minimum absolute atomic E-state index is 0.287. The number of hydrogen-bond donors (Lipinski definition) is 0. The first-order chi connectivity index (χ1) is 7.24. The molecule has 2 aromatic heterocycles. The maximum absolute atomic E-state index is 11.6. The van der Waals surface area contributed by atoms with E-state index in [4.69, 9.17) is 0 Å². The van der Waals surface area contributed by atoms with Crippen LogP contribution in [0.2, 0.25) is 0 Å². The Hall–Kier alpha value is -1.50. The summed E-state index contributed by atoms with van der Waals surface area (Å²) in [6.07, 6.45) is 1.67. The van der Waals surface area contributed by atoms with Crippen LogP contribution in [0.3, 0.4) is 0 Å². The molecule has 0 fully saturated rings. The molecule has 0 aromatic carbocycles. The molecule has 0 unspecified atom stereocenters. The van der Waals surface area contributed by atoms with Crippen molar-refractivity contribution in [3.63, 3.8) is 0 Å². The first-order valence-corrected chi connectivity index (χ1v) is 5.35. The van der Waals surface area contributed by atoms with Gasteiger partial charge in [0.15, 0.2) is 0 Å². The Labute approximate surface area is 93.7 Å². The largest absolute Gasteiger partial charge is 0.368 e. The van der Waals surface area contributed by atoms with Crippen LogP contribution in [0.4, 0.5) is 0 Å². The number of halogens is 1. The quantitative estimate of drug-likeness (QED) is 0.734. The fourth-order valence-electron chi connectivity index (χ4n) is 1.19. The van der Waals surface area contributed by atoms with Crippen molar-refractivity contribution < 1.29 is 0 Å². The zero-order valence-corrected chi connectivity index (χ0v) is 9.55. The minimum Gasteiger partial charge on any atom is -0.258 e. The summed E-state index contributed by atoms with van der Waals surface area (Å²) < 4.78 is 2.40. The number of nitrogens with zero attached hydrogens (tertiary/aromatic N) is 5. The number of rotatable bonds is 2. The van der Waals surface area contributed by atoms with Crippen molar-refractivity contribution in [2.75, 3.05) is 0 Å². The summed E-state index contributed by atoms with van der Waals surface area (Å²) in [6.45, 7) is 0. The van der Waals surface area contributed by atoms with Crippen LogP contribution >= 0.6 is 15.9 Å². The molecule has 0 spiro atoms. The molecular formula is C8H8BrN5O. The van der Waals surface area contributed by atoms with E-state index < -0.39 is 0 Å². The molecule has 0 aliphatic heterocycles. The fraction of sp³-hybridized carbons (Fsp3) is 0.250. The van der Waals surface area contributed by atoms with Gasteiger partial charge in [-0.2, -0.15) is 9.36 Å². The molecular weight excluding hydrogens is 262 g/mol. The predicted molar refractivity (Wildman–Crippen MR) is 57.0 cm³/mol. The third-order valence-electron chi connectivity index (χ3n) is 1.94. The van der Waals surface area contributed by atoms with Crippen LogP contribution in [-0.2, 0) is 12.4 Å². The zero-order chi connectivity index (χ0) is 10.8. The molecule has 0 saturated heterocycles. The first-order valence-electron chi connectivity index (χ1n) is 4.23. The lowest BCUT2D eigenvalue weighted by atomic mass is 10.3. The first kappa shape index (κ1) is 10.0. The molecule has 0 bridgehead atoms. The highest BCUT2D eigenvalue weighted by molar-refractivity contribution is 9.08. The summed E-state index contributed by atoms with van der Waals surface area (Å²) in [6, 6.07) is 3.53. The maximum atomic E-state index is 11.6. The van der Waals surface area contributed by atoms with Crippen LogP contribution in [0, 0.1) is 0 Å². The molecule has 0 radical (unpaired) electrons. The molecule has 0 amide bonds. The van der Waals surface area contributed by atoms with Gasteiger partial charge in [0.2, 0.25) is 0 Å². The average molecular weight is 270 g/mol. The van der Waals surface area contributed by atoms with Crippen molar-refractivity contribution in [2.45, 2.75) is 5.33 Å². The molecule has 2 aromatic rings. The number of alkyl halides is 1. The lowest BCUT2D eigenvalue weighted by Crippen LogP contribution is -2.22. The lowest BCUT2D eigenvalue weighted by Gasteiger charge is -2.02. The van der Waals surface area contributed by atoms with E-state index >= 15 is 0 Å². The molecule has 0 N–H and O–H groups in total. The van der Waals surface area contributed by atoms with Crippen molar-refractivity contribution in [1.82, 2.24) is 24.8 Å². The number of aromatic nitrogens is 5. The Morgan fingerprint density at radius 3 is 2.87 bits per heavy atom. The van der Waals surface area contributed by atoms with Crippen LogP contribution in [-0.4, -0.2) is 24.8 Å². The molecule has 15 heavy (non-hydrogen) atoms. The van der Waals surface area contributed by atoms with Crippen molar-refractivity contribution >= 4 is 15.9 Å². The summed E-state index contributed by atoms with van der Waals surface area (Å²) in [5.74, 6) is 0. The van der Waals surface area contributed by atoms with E-state index in [0.717, 1.165) is 5.69 Å². The highest BCUT2D eigenvalue weighted by atomic mass is 79.9. The van der Waals surface area contributed by atoms with Gasteiger partial charge in [-0.1, -0.05) is 15.9 Å². The van der Waals surface area contributed by atoms with Gasteiger partial charge in [-0.25, -0.2) is 4.79 Å². The van der Waals surface area contributed by atoms with E-state index in [1.807, 2.05) is 0 Å². The molecule has 0 aliphatic rings. The van der Waals surface area contributed by atoms with Crippen molar-refractivity contribution in [1.29, 1.82) is 0 Å². The van der Waals surface area contributed by atoms with E-state index in [0.29, 0.717) is 11.0 Å². The Morgan fingerprint density at radius 1 is 1.47 bits per heavy atom. The third kappa shape index (κ3) is 1.70. The molecule has 7 heteroatoms. The van der Waals surface area contributed by atoms with Gasteiger partial charge in [0.1, 0.15) is 0 Å². The van der Waals surface area contributed by atoms with Gasteiger partial charge in [0, 0.05) is 18.6 Å². The molecule has 6 nitrogen and oxygen atoms in total. The van der Waals surface area contributed by atoms with Gasteiger partial charge in [-0.3, -0.25) is 4.98 Å². The summed E-state index contributed by atoms with van der Waals surface area (Å²) in [5, 5.41) is 7.95. The summed E-state index contributed by atoms with van der Waals surface area (Å²) in [5.41, 5.74) is 1.11. The predicted octanol–water partition coefficient (Wildman–Crippen LogP) is 0.256. The number of tetrazole rings is 1. The van der Waals surface area contributed by atoms with E-state index in [2.05, 4.69) is 31.3 Å². The van der Waals surface area contributed by atoms with Crippen LogP contribution < -0.4 is 5.69 Å². The number of aryl methyl sites for hydroxylation is 1. The van der Waals surface area contributed by atoms with Crippen molar-refractivity contribution in [2.24, 2.45) is 7.05 Å². The average Bonchev–Trinajstić information content (AvgIpc) is 2.60. The molecule has 78 valence electrons. The van der Waals surface area contributed by atoms with E-state index in [9.17, 15) is 4.79 Å². The van der Waals surface area contributed by atoms with Crippen LogP contribution in [0.25, 0.3) is 5.69 Å². The zero-order valence-electron chi connectivity index (χ0n) is 7.96. The van der Waals surface area contributed by atoms with Crippen LogP contribution in [0.15, 0.2) is 23.1 Å². The van der Waals surface area contributed by atoms with Crippen LogP contribution in [0.1, 0.15) is 5.69 Å². The molecule has 0 atom stereocenters. The number of pyridine rings is 1. The Bertz CT molecular complexity index is 532. The minimum atomic E-state index is -0.287. The SMILES string of the molecule is Cn1nnn(-c2cccnc2CBr)c1=O. The highest BCUT2D eigenvalue weighted by Crippen LogP contribution is 2.11. The Morgan fingerprint density at radius 2 is 2.27 bits per heavy atom. The lowest BCUT2D eigenvalue weighted by molar-refractivity contribution is 0.692. The van der Waals surface area contributed by atoms with Gasteiger partial charge in [-0.15, -0.1) is 0 Å². The molecule has 0 aliphatic carbocycles. The summed E-state index contributed by atoms with van der Waals surface area (Å²) >= 11 is 3.30. The smallest absolute Gasteiger partial charge is 0.258 e. The van der Waals surface area contributed by atoms with E-state index in [1.54, 1.807) is 25.4 Å². The normalized spacial score (nSPS) is 10.5. The number of hydrogen-bond acceptors (Lipinski definition) is 4. The van der Waals surface area contributed by atoms with Gasteiger partial charge in [0.25, 0.3) is 0 Å². The Balaban J connectivity index is 2.64. The topological polar surface area (TPSA) is 65.6 Å². The second-order valence-corrected chi connectivity index (χ2v) is 3.46. The van der Waals surface area contributed by atoms with E-state index in [1.165, 1.54) is 9.36 Å². The van der Waals surface area contributed by atoms with Crippen LogP contribution in [0.5, 0.6) is 0 Å². The maximum Gasteiger partial charge on any atom is 0.368 e.